The highest BCUT2D eigenvalue weighted by Crippen LogP contribution is 2.45. The maximum Gasteiger partial charge on any atom is 0.120 e. The summed E-state index contributed by atoms with van der Waals surface area (Å²) in [5, 5.41) is 0.483. The van der Waals surface area contributed by atoms with Crippen LogP contribution in [-0.4, -0.2) is 31.7 Å². The monoisotopic (exact) mass is 265 g/mol. The van der Waals surface area contributed by atoms with Crippen molar-refractivity contribution in [3.63, 3.8) is 0 Å². The lowest BCUT2D eigenvalue weighted by Gasteiger charge is -2.26. The van der Waals surface area contributed by atoms with Crippen LogP contribution in [0.2, 0.25) is 0 Å². The van der Waals surface area contributed by atoms with Gasteiger partial charge >= 0.3 is 0 Å². The summed E-state index contributed by atoms with van der Waals surface area (Å²) in [5.74, 6) is 0.937. The van der Waals surface area contributed by atoms with E-state index in [1.165, 1.54) is 23.4 Å². The van der Waals surface area contributed by atoms with Crippen molar-refractivity contribution in [3.05, 3.63) is 18.2 Å². The van der Waals surface area contributed by atoms with E-state index in [0.717, 1.165) is 18.9 Å². The van der Waals surface area contributed by atoms with Gasteiger partial charge in [0.15, 0.2) is 0 Å². The fraction of sp³-hybridized carbons (Fsp3) is 0.571. The number of hydrogen-bond donors (Lipinski definition) is 0. The SMILES string of the molecule is COc1ccc2c(c1)SC(C)N2CC1CCCO1. The summed E-state index contributed by atoms with van der Waals surface area (Å²) < 4.78 is 11.0. The average molecular weight is 265 g/mol. The smallest absolute Gasteiger partial charge is 0.120 e. The molecular formula is C14H19NO2S. The molecule has 0 aromatic heterocycles. The molecule has 0 N–H and O–H groups in total. The van der Waals surface area contributed by atoms with E-state index >= 15 is 0 Å². The molecule has 2 unspecified atom stereocenters. The first-order chi connectivity index (χ1) is 8.78. The number of benzene rings is 1. The summed E-state index contributed by atoms with van der Waals surface area (Å²) in [6.45, 7) is 4.19. The molecule has 0 aliphatic carbocycles. The van der Waals surface area contributed by atoms with Crippen molar-refractivity contribution in [1.29, 1.82) is 0 Å². The summed E-state index contributed by atoms with van der Waals surface area (Å²) in [4.78, 5) is 3.77. The third kappa shape index (κ3) is 2.19. The molecule has 1 fully saturated rings. The van der Waals surface area contributed by atoms with Crippen LogP contribution in [0.5, 0.6) is 5.75 Å². The van der Waals surface area contributed by atoms with E-state index < -0.39 is 0 Å². The van der Waals surface area contributed by atoms with Gasteiger partial charge in [-0.15, -0.1) is 0 Å². The van der Waals surface area contributed by atoms with E-state index in [4.69, 9.17) is 9.47 Å². The van der Waals surface area contributed by atoms with Gasteiger partial charge in [0.1, 0.15) is 5.75 Å². The number of methoxy groups -OCH3 is 1. The topological polar surface area (TPSA) is 21.7 Å². The van der Waals surface area contributed by atoms with Gasteiger partial charge in [-0.3, -0.25) is 0 Å². The molecule has 0 radical (unpaired) electrons. The van der Waals surface area contributed by atoms with Crippen LogP contribution in [0.4, 0.5) is 5.69 Å². The van der Waals surface area contributed by atoms with Crippen LogP contribution in [0.15, 0.2) is 23.1 Å². The van der Waals surface area contributed by atoms with Crippen LogP contribution in [-0.2, 0) is 4.74 Å². The van der Waals surface area contributed by atoms with Crippen LogP contribution >= 0.6 is 11.8 Å². The Kier molecular flexibility index (Phi) is 3.39. The van der Waals surface area contributed by atoms with Crippen LogP contribution in [0, 0.1) is 0 Å². The number of fused-ring (bicyclic) bond motifs is 1. The van der Waals surface area contributed by atoms with Crippen molar-refractivity contribution in [2.75, 3.05) is 25.2 Å². The van der Waals surface area contributed by atoms with Crippen LogP contribution in [0.25, 0.3) is 0 Å². The van der Waals surface area contributed by atoms with E-state index in [9.17, 15) is 0 Å². The van der Waals surface area contributed by atoms with E-state index in [0.29, 0.717) is 11.5 Å². The first kappa shape index (κ1) is 12.2. The molecule has 2 aliphatic heterocycles. The number of rotatable bonds is 3. The molecule has 2 heterocycles. The number of hydrogen-bond acceptors (Lipinski definition) is 4. The van der Waals surface area contributed by atoms with Gasteiger partial charge in [0.2, 0.25) is 0 Å². The van der Waals surface area contributed by atoms with Crippen molar-refractivity contribution in [3.8, 4) is 5.75 Å². The number of anilines is 1. The average Bonchev–Trinajstić information content (AvgIpc) is 2.98. The van der Waals surface area contributed by atoms with Crippen molar-refractivity contribution < 1.29 is 9.47 Å². The van der Waals surface area contributed by atoms with Crippen molar-refractivity contribution >= 4 is 17.4 Å². The van der Waals surface area contributed by atoms with Gasteiger partial charge < -0.3 is 14.4 Å². The summed E-state index contributed by atoms with van der Waals surface area (Å²) >= 11 is 1.90. The zero-order valence-corrected chi connectivity index (χ0v) is 11.7. The fourth-order valence-corrected chi connectivity index (χ4v) is 3.84. The molecule has 3 rings (SSSR count). The maximum absolute atomic E-state index is 5.75. The Bertz CT molecular complexity index is 432. The standard InChI is InChI=1S/C14H19NO2S/c1-10-15(9-12-4-3-7-17-12)13-6-5-11(16-2)8-14(13)18-10/h5-6,8,10,12H,3-4,7,9H2,1-2H3. The number of ether oxygens (including phenoxy) is 2. The molecule has 4 heteroatoms. The zero-order chi connectivity index (χ0) is 12.5. The lowest BCUT2D eigenvalue weighted by molar-refractivity contribution is 0.115. The molecule has 1 aromatic rings. The van der Waals surface area contributed by atoms with Crippen molar-refractivity contribution in [2.24, 2.45) is 0 Å². The van der Waals surface area contributed by atoms with Crippen molar-refractivity contribution in [2.45, 2.75) is 36.1 Å². The summed E-state index contributed by atoms with van der Waals surface area (Å²) in [6, 6.07) is 6.34. The van der Waals surface area contributed by atoms with Crippen LogP contribution in [0.3, 0.4) is 0 Å². The fourth-order valence-electron chi connectivity index (χ4n) is 2.65. The van der Waals surface area contributed by atoms with Gasteiger partial charge in [-0.1, -0.05) is 11.8 Å². The molecule has 2 atom stereocenters. The van der Waals surface area contributed by atoms with Gasteiger partial charge in [0.05, 0.1) is 24.3 Å². The molecule has 0 bridgehead atoms. The number of nitrogens with zero attached hydrogens (tertiary/aromatic N) is 1. The minimum Gasteiger partial charge on any atom is -0.497 e. The van der Waals surface area contributed by atoms with E-state index in [1.807, 2.05) is 17.8 Å². The van der Waals surface area contributed by atoms with Gasteiger partial charge in [-0.05, 0) is 38.0 Å². The molecule has 18 heavy (non-hydrogen) atoms. The first-order valence-corrected chi connectivity index (χ1v) is 7.39. The summed E-state index contributed by atoms with van der Waals surface area (Å²) in [7, 11) is 1.72. The highest BCUT2D eigenvalue weighted by Gasteiger charge is 2.30. The molecule has 3 nitrogen and oxygen atoms in total. The Hall–Kier alpha value is -0.870. The third-order valence-electron chi connectivity index (χ3n) is 3.64. The Morgan fingerprint density at radius 2 is 2.39 bits per heavy atom. The largest absolute Gasteiger partial charge is 0.497 e. The Morgan fingerprint density at radius 3 is 3.11 bits per heavy atom. The molecule has 98 valence electrons. The molecule has 2 aliphatic rings. The van der Waals surface area contributed by atoms with Crippen molar-refractivity contribution in [1.82, 2.24) is 0 Å². The predicted molar refractivity (Wildman–Crippen MR) is 74.6 cm³/mol. The zero-order valence-electron chi connectivity index (χ0n) is 10.9. The predicted octanol–water partition coefficient (Wildman–Crippen LogP) is 3.13. The molecule has 0 amide bonds. The molecular weight excluding hydrogens is 246 g/mol. The van der Waals surface area contributed by atoms with E-state index in [2.05, 4.69) is 24.0 Å². The molecule has 0 spiro atoms. The Morgan fingerprint density at radius 1 is 1.50 bits per heavy atom. The highest BCUT2D eigenvalue weighted by molar-refractivity contribution is 8.00. The molecule has 0 saturated carbocycles. The van der Waals surface area contributed by atoms with E-state index in [1.54, 1.807) is 7.11 Å². The third-order valence-corrected chi connectivity index (χ3v) is 4.81. The Labute approximate surface area is 112 Å². The van der Waals surface area contributed by atoms with Gasteiger partial charge in [0.25, 0.3) is 0 Å². The van der Waals surface area contributed by atoms with Gasteiger partial charge in [-0.25, -0.2) is 0 Å². The summed E-state index contributed by atoms with van der Waals surface area (Å²) in [5.41, 5.74) is 1.32. The van der Waals surface area contributed by atoms with Gasteiger partial charge in [0, 0.05) is 18.0 Å². The molecule has 1 saturated heterocycles. The number of thioether (sulfide) groups is 1. The minimum atomic E-state index is 0.404. The minimum absolute atomic E-state index is 0.404. The normalized spacial score (nSPS) is 26.4. The van der Waals surface area contributed by atoms with E-state index in [-0.39, 0.29) is 0 Å². The second-order valence-corrected chi connectivity index (χ2v) is 6.20. The van der Waals surface area contributed by atoms with Crippen LogP contribution in [0.1, 0.15) is 19.8 Å². The second-order valence-electron chi connectivity index (χ2n) is 4.84. The molecule has 1 aromatic carbocycles. The lowest BCUT2D eigenvalue weighted by Crippen LogP contribution is -2.34. The van der Waals surface area contributed by atoms with Crippen LogP contribution < -0.4 is 9.64 Å². The first-order valence-electron chi connectivity index (χ1n) is 6.51. The van der Waals surface area contributed by atoms with Gasteiger partial charge in [-0.2, -0.15) is 0 Å². The summed E-state index contributed by atoms with van der Waals surface area (Å²) in [6.07, 6.45) is 2.80. The Balaban J connectivity index is 1.80. The maximum atomic E-state index is 5.75. The highest BCUT2D eigenvalue weighted by atomic mass is 32.2. The quantitative estimate of drug-likeness (QED) is 0.837. The second kappa shape index (κ2) is 5.02. The lowest BCUT2D eigenvalue weighted by atomic mass is 10.2.